The molecule has 0 saturated heterocycles. The molecule has 0 saturated carbocycles. The lowest BCUT2D eigenvalue weighted by Gasteiger charge is -2.16. The molecule has 0 N–H and O–H groups in total. The van der Waals surface area contributed by atoms with Crippen molar-refractivity contribution in [2.24, 2.45) is 5.10 Å². The van der Waals surface area contributed by atoms with Gasteiger partial charge in [-0.1, -0.05) is 17.8 Å². The fraction of sp³-hybridized carbons (Fsp3) is 0.176. The normalized spacial score (nSPS) is 13.1. The van der Waals surface area contributed by atoms with Gasteiger partial charge in [-0.05, 0) is 30.3 Å². The molecule has 2 aromatic heterocycles. The van der Waals surface area contributed by atoms with Crippen LogP contribution in [0, 0.1) is 0 Å². The molecule has 3 heterocycles. The number of benzene rings is 1. The minimum Gasteiger partial charge on any atom is -0.497 e. The van der Waals surface area contributed by atoms with Gasteiger partial charge >= 0.3 is 0 Å². The molecule has 7 nitrogen and oxygen atoms in total. The van der Waals surface area contributed by atoms with Crippen LogP contribution >= 0.6 is 11.8 Å². The van der Waals surface area contributed by atoms with Crippen LogP contribution in [0.25, 0.3) is 11.5 Å². The molecule has 0 aliphatic carbocycles. The standard InChI is InChI=1S/C17H15N5O2S/c1-23-11-6-7-15(24-2)12(9-11)14-10-25-17-20-19-16(22(17)21-14)13-5-3-4-8-18-13/h3-9H,10H2,1-2H3. The topological polar surface area (TPSA) is 74.4 Å². The molecule has 25 heavy (non-hydrogen) atoms. The second-order valence-corrected chi connectivity index (χ2v) is 6.18. The maximum Gasteiger partial charge on any atom is 0.212 e. The monoisotopic (exact) mass is 353 g/mol. The summed E-state index contributed by atoms with van der Waals surface area (Å²) in [5, 5.41) is 13.9. The Morgan fingerprint density at radius 1 is 1.08 bits per heavy atom. The number of fused-ring (bicyclic) bond motifs is 1. The van der Waals surface area contributed by atoms with E-state index in [9.17, 15) is 0 Å². The van der Waals surface area contributed by atoms with Crippen molar-refractivity contribution in [2.75, 3.05) is 20.0 Å². The van der Waals surface area contributed by atoms with E-state index >= 15 is 0 Å². The number of rotatable bonds is 4. The van der Waals surface area contributed by atoms with Crippen molar-refractivity contribution in [1.29, 1.82) is 0 Å². The van der Waals surface area contributed by atoms with Crippen molar-refractivity contribution < 1.29 is 9.47 Å². The summed E-state index contributed by atoms with van der Waals surface area (Å²) in [6.45, 7) is 0. The lowest BCUT2D eigenvalue weighted by atomic mass is 10.1. The summed E-state index contributed by atoms with van der Waals surface area (Å²) in [5.41, 5.74) is 2.48. The maximum atomic E-state index is 5.48. The average molecular weight is 353 g/mol. The fourth-order valence-electron chi connectivity index (χ4n) is 2.55. The van der Waals surface area contributed by atoms with E-state index in [1.807, 2.05) is 36.4 Å². The van der Waals surface area contributed by atoms with E-state index in [4.69, 9.17) is 14.6 Å². The summed E-state index contributed by atoms with van der Waals surface area (Å²) >= 11 is 1.57. The lowest BCUT2D eigenvalue weighted by Crippen LogP contribution is -2.15. The molecule has 0 bridgehead atoms. The molecule has 0 amide bonds. The Morgan fingerprint density at radius 3 is 2.76 bits per heavy atom. The molecular weight excluding hydrogens is 338 g/mol. The number of thioether (sulfide) groups is 1. The van der Waals surface area contributed by atoms with Gasteiger partial charge in [0, 0.05) is 17.5 Å². The predicted molar refractivity (Wildman–Crippen MR) is 95.5 cm³/mol. The highest BCUT2D eigenvalue weighted by molar-refractivity contribution is 7.99. The van der Waals surface area contributed by atoms with Gasteiger partial charge in [0.2, 0.25) is 11.0 Å². The summed E-state index contributed by atoms with van der Waals surface area (Å²) in [7, 11) is 3.28. The Hall–Kier alpha value is -2.87. The number of pyridine rings is 1. The number of ether oxygens (including phenoxy) is 2. The zero-order chi connectivity index (χ0) is 17.2. The summed E-state index contributed by atoms with van der Waals surface area (Å²) in [5.74, 6) is 2.78. The first kappa shape index (κ1) is 15.6. The number of hydrogen-bond donors (Lipinski definition) is 0. The first-order valence-electron chi connectivity index (χ1n) is 7.60. The minimum absolute atomic E-state index is 0.613. The average Bonchev–Trinajstić information content (AvgIpc) is 3.11. The van der Waals surface area contributed by atoms with Gasteiger partial charge in [0.15, 0.2) is 0 Å². The van der Waals surface area contributed by atoms with Crippen LogP contribution in [0.4, 0.5) is 0 Å². The fourth-order valence-corrected chi connectivity index (χ4v) is 3.38. The molecular formula is C17H15N5O2S. The van der Waals surface area contributed by atoms with Crippen molar-refractivity contribution in [2.45, 2.75) is 5.16 Å². The van der Waals surface area contributed by atoms with Crippen molar-refractivity contribution in [3.05, 3.63) is 48.2 Å². The van der Waals surface area contributed by atoms with Crippen molar-refractivity contribution in [3.63, 3.8) is 0 Å². The van der Waals surface area contributed by atoms with Crippen LogP contribution < -0.4 is 9.47 Å². The summed E-state index contributed by atoms with van der Waals surface area (Å²) < 4.78 is 12.5. The molecule has 0 radical (unpaired) electrons. The Bertz CT molecular complexity index is 939. The third-order valence-corrected chi connectivity index (χ3v) is 4.71. The Balaban J connectivity index is 1.82. The van der Waals surface area contributed by atoms with Gasteiger partial charge in [-0.15, -0.1) is 10.2 Å². The van der Waals surface area contributed by atoms with Crippen LogP contribution in [0.15, 0.2) is 52.9 Å². The predicted octanol–water partition coefficient (Wildman–Crippen LogP) is 2.72. The van der Waals surface area contributed by atoms with Crippen LogP contribution in [0.2, 0.25) is 0 Å². The van der Waals surface area contributed by atoms with E-state index in [0.717, 1.165) is 33.6 Å². The van der Waals surface area contributed by atoms with Gasteiger partial charge in [-0.2, -0.15) is 9.78 Å². The second-order valence-electron chi connectivity index (χ2n) is 5.23. The molecule has 0 unspecified atom stereocenters. The number of methoxy groups -OCH3 is 2. The van der Waals surface area contributed by atoms with Gasteiger partial charge in [0.25, 0.3) is 0 Å². The molecule has 0 fully saturated rings. The van der Waals surface area contributed by atoms with Crippen molar-refractivity contribution in [3.8, 4) is 23.0 Å². The SMILES string of the molecule is COc1ccc(OC)c(C2=Nn3c(nnc3-c3ccccn3)SC2)c1. The van der Waals surface area contributed by atoms with E-state index < -0.39 is 0 Å². The molecule has 0 spiro atoms. The molecule has 8 heteroatoms. The van der Waals surface area contributed by atoms with Gasteiger partial charge in [0.05, 0.1) is 19.9 Å². The smallest absolute Gasteiger partial charge is 0.212 e. The lowest BCUT2D eigenvalue weighted by molar-refractivity contribution is 0.402. The van der Waals surface area contributed by atoms with Gasteiger partial charge in [-0.3, -0.25) is 4.98 Å². The molecule has 1 aliphatic rings. The van der Waals surface area contributed by atoms with Crippen molar-refractivity contribution >= 4 is 17.5 Å². The largest absolute Gasteiger partial charge is 0.497 e. The molecule has 0 atom stereocenters. The zero-order valence-electron chi connectivity index (χ0n) is 13.7. The van der Waals surface area contributed by atoms with Crippen LogP contribution in [0.1, 0.15) is 5.56 Å². The quantitative estimate of drug-likeness (QED) is 0.718. The summed E-state index contributed by atoms with van der Waals surface area (Å²) in [6.07, 6.45) is 1.72. The molecule has 3 aromatic rings. The Morgan fingerprint density at radius 2 is 2.00 bits per heavy atom. The molecule has 4 rings (SSSR count). The summed E-state index contributed by atoms with van der Waals surface area (Å²) in [4.78, 5) is 4.34. The molecule has 126 valence electrons. The first-order valence-corrected chi connectivity index (χ1v) is 8.58. The first-order chi connectivity index (χ1) is 12.3. The van der Waals surface area contributed by atoms with E-state index in [0.29, 0.717) is 11.6 Å². The van der Waals surface area contributed by atoms with E-state index in [1.165, 1.54) is 0 Å². The van der Waals surface area contributed by atoms with E-state index in [1.54, 1.807) is 36.9 Å². The highest BCUT2D eigenvalue weighted by Gasteiger charge is 2.23. The second kappa shape index (κ2) is 6.56. The highest BCUT2D eigenvalue weighted by Crippen LogP contribution is 2.31. The number of nitrogens with zero attached hydrogens (tertiary/aromatic N) is 5. The Labute approximate surface area is 148 Å². The van der Waals surface area contributed by atoms with Crippen molar-refractivity contribution in [1.82, 2.24) is 19.9 Å². The zero-order valence-corrected chi connectivity index (χ0v) is 14.5. The number of hydrogen-bond acceptors (Lipinski definition) is 7. The van der Waals surface area contributed by atoms with Gasteiger partial charge in [-0.25, -0.2) is 0 Å². The minimum atomic E-state index is 0.613. The number of aromatic nitrogens is 4. The third-order valence-electron chi connectivity index (χ3n) is 3.78. The molecule has 1 aliphatic heterocycles. The van der Waals surface area contributed by atoms with Crippen LogP contribution in [-0.2, 0) is 0 Å². The van der Waals surface area contributed by atoms with Gasteiger partial charge in [0.1, 0.15) is 17.2 Å². The van der Waals surface area contributed by atoms with Crippen LogP contribution in [0.3, 0.4) is 0 Å². The van der Waals surface area contributed by atoms with E-state index in [-0.39, 0.29) is 0 Å². The highest BCUT2D eigenvalue weighted by atomic mass is 32.2. The Kier molecular flexibility index (Phi) is 4.10. The van der Waals surface area contributed by atoms with Gasteiger partial charge < -0.3 is 9.47 Å². The van der Waals surface area contributed by atoms with Crippen LogP contribution in [0.5, 0.6) is 11.5 Å². The molecule has 1 aromatic carbocycles. The summed E-state index contributed by atoms with van der Waals surface area (Å²) in [6, 6.07) is 11.3. The van der Waals surface area contributed by atoms with E-state index in [2.05, 4.69) is 15.2 Å². The van der Waals surface area contributed by atoms with Crippen LogP contribution in [-0.4, -0.2) is 45.5 Å². The third kappa shape index (κ3) is 2.85. The maximum absolute atomic E-state index is 5.48.